The van der Waals surface area contributed by atoms with Gasteiger partial charge in [0.15, 0.2) is 0 Å². The summed E-state index contributed by atoms with van der Waals surface area (Å²) in [7, 11) is 0. The molecule has 0 radical (unpaired) electrons. The SMILES string of the molecule is C[C@H](Sc1ccc(Br)cc1)C(=O)NC(C)(C)C. The van der Waals surface area contributed by atoms with Crippen LogP contribution in [0.25, 0.3) is 0 Å². The molecule has 0 spiro atoms. The first-order valence-corrected chi connectivity index (χ1v) is 7.19. The highest BCUT2D eigenvalue weighted by Gasteiger charge is 2.19. The number of hydrogen-bond donors (Lipinski definition) is 1. The maximum Gasteiger partial charge on any atom is 0.233 e. The zero-order valence-corrected chi connectivity index (χ0v) is 13.0. The molecule has 1 atom stereocenters. The number of carbonyl (C=O) groups is 1. The summed E-state index contributed by atoms with van der Waals surface area (Å²) in [6.07, 6.45) is 0. The second-order valence-electron chi connectivity index (χ2n) is 4.95. The Morgan fingerprint density at radius 2 is 1.82 bits per heavy atom. The lowest BCUT2D eigenvalue weighted by atomic mass is 10.1. The van der Waals surface area contributed by atoms with Crippen LogP contribution in [0.4, 0.5) is 0 Å². The topological polar surface area (TPSA) is 29.1 Å². The van der Waals surface area contributed by atoms with Crippen molar-refractivity contribution >= 4 is 33.6 Å². The van der Waals surface area contributed by atoms with Gasteiger partial charge in [-0.25, -0.2) is 0 Å². The van der Waals surface area contributed by atoms with E-state index >= 15 is 0 Å². The smallest absolute Gasteiger partial charge is 0.233 e. The minimum Gasteiger partial charge on any atom is -0.351 e. The van der Waals surface area contributed by atoms with Gasteiger partial charge in [0, 0.05) is 14.9 Å². The Kier molecular flexibility index (Phi) is 5.07. The normalized spacial score (nSPS) is 13.2. The van der Waals surface area contributed by atoms with Crippen molar-refractivity contribution in [3.63, 3.8) is 0 Å². The van der Waals surface area contributed by atoms with Crippen LogP contribution in [0.2, 0.25) is 0 Å². The Balaban J connectivity index is 2.57. The van der Waals surface area contributed by atoms with E-state index in [2.05, 4.69) is 21.2 Å². The quantitative estimate of drug-likeness (QED) is 0.858. The average Bonchev–Trinajstić information content (AvgIpc) is 2.19. The summed E-state index contributed by atoms with van der Waals surface area (Å²) in [6.45, 7) is 7.89. The van der Waals surface area contributed by atoms with Gasteiger partial charge < -0.3 is 5.32 Å². The van der Waals surface area contributed by atoms with Crippen molar-refractivity contribution in [2.45, 2.75) is 43.4 Å². The van der Waals surface area contributed by atoms with E-state index in [0.29, 0.717) is 0 Å². The lowest BCUT2D eigenvalue weighted by molar-refractivity contribution is -0.121. The number of thioether (sulfide) groups is 1. The highest BCUT2D eigenvalue weighted by Crippen LogP contribution is 2.25. The molecular weight excluding hydrogens is 298 g/mol. The molecule has 0 saturated heterocycles. The van der Waals surface area contributed by atoms with Crippen LogP contribution < -0.4 is 5.32 Å². The summed E-state index contributed by atoms with van der Waals surface area (Å²) in [5.74, 6) is 0.0745. The lowest BCUT2D eigenvalue weighted by Crippen LogP contribution is -2.44. The summed E-state index contributed by atoms with van der Waals surface area (Å²) in [5, 5.41) is 2.89. The highest BCUT2D eigenvalue weighted by atomic mass is 79.9. The van der Waals surface area contributed by atoms with E-state index in [9.17, 15) is 4.79 Å². The van der Waals surface area contributed by atoms with E-state index in [4.69, 9.17) is 0 Å². The second-order valence-corrected chi connectivity index (χ2v) is 7.28. The third kappa shape index (κ3) is 5.59. The molecule has 94 valence electrons. The van der Waals surface area contributed by atoms with Crippen molar-refractivity contribution in [1.29, 1.82) is 0 Å². The van der Waals surface area contributed by atoms with Crippen LogP contribution in [0.15, 0.2) is 33.6 Å². The third-order valence-electron chi connectivity index (χ3n) is 1.99. The van der Waals surface area contributed by atoms with Crippen molar-refractivity contribution in [3.8, 4) is 0 Å². The monoisotopic (exact) mass is 315 g/mol. The molecule has 0 aliphatic rings. The zero-order chi connectivity index (χ0) is 13.1. The fourth-order valence-electron chi connectivity index (χ4n) is 1.24. The molecule has 1 aromatic carbocycles. The maximum absolute atomic E-state index is 11.9. The fourth-order valence-corrected chi connectivity index (χ4v) is 2.37. The van der Waals surface area contributed by atoms with Gasteiger partial charge in [0.05, 0.1) is 5.25 Å². The Morgan fingerprint density at radius 3 is 2.29 bits per heavy atom. The van der Waals surface area contributed by atoms with E-state index < -0.39 is 0 Å². The number of hydrogen-bond acceptors (Lipinski definition) is 2. The molecule has 1 aromatic rings. The molecule has 0 heterocycles. The van der Waals surface area contributed by atoms with E-state index in [-0.39, 0.29) is 16.7 Å². The molecule has 0 aromatic heterocycles. The average molecular weight is 316 g/mol. The number of halogens is 1. The van der Waals surface area contributed by atoms with Crippen LogP contribution in [-0.4, -0.2) is 16.7 Å². The predicted molar refractivity (Wildman–Crippen MR) is 77.4 cm³/mol. The maximum atomic E-state index is 11.9. The van der Waals surface area contributed by atoms with Gasteiger partial charge in [-0.1, -0.05) is 15.9 Å². The Hall–Kier alpha value is -0.480. The predicted octanol–water partition coefficient (Wildman–Crippen LogP) is 3.84. The highest BCUT2D eigenvalue weighted by molar-refractivity contribution is 9.10. The number of benzene rings is 1. The van der Waals surface area contributed by atoms with Crippen molar-refractivity contribution < 1.29 is 4.79 Å². The van der Waals surface area contributed by atoms with Gasteiger partial charge in [-0.15, -0.1) is 11.8 Å². The van der Waals surface area contributed by atoms with Gasteiger partial charge in [-0.05, 0) is 52.0 Å². The number of amides is 1. The lowest BCUT2D eigenvalue weighted by Gasteiger charge is -2.23. The first kappa shape index (κ1) is 14.6. The zero-order valence-electron chi connectivity index (χ0n) is 10.6. The summed E-state index contributed by atoms with van der Waals surface area (Å²) >= 11 is 4.96. The van der Waals surface area contributed by atoms with Crippen molar-refractivity contribution in [3.05, 3.63) is 28.7 Å². The Labute approximate surface area is 116 Å². The molecule has 0 unspecified atom stereocenters. The van der Waals surface area contributed by atoms with E-state index in [1.807, 2.05) is 52.0 Å². The molecule has 0 aliphatic heterocycles. The Morgan fingerprint density at radius 1 is 1.29 bits per heavy atom. The molecule has 0 saturated carbocycles. The van der Waals surface area contributed by atoms with Gasteiger partial charge in [0.25, 0.3) is 0 Å². The van der Waals surface area contributed by atoms with Gasteiger partial charge in [0.2, 0.25) is 5.91 Å². The minimum absolute atomic E-state index is 0.0745. The molecule has 4 heteroatoms. The van der Waals surface area contributed by atoms with Crippen molar-refractivity contribution in [2.75, 3.05) is 0 Å². The van der Waals surface area contributed by atoms with Gasteiger partial charge in [0.1, 0.15) is 0 Å². The molecule has 2 nitrogen and oxygen atoms in total. The molecule has 1 rings (SSSR count). The first-order chi connectivity index (χ1) is 7.78. The van der Waals surface area contributed by atoms with Gasteiger partial charge in [-0.3, -0.25) is 4.79 Å². The number of carbonyl (C=O) groups excluding carboxylic acids is 1. The largest absolute Gasteiger partial charge is 0.351 e. The molecule has 0 bridgehead atoms. The molecule has 0 aliphatic carbocycles. The van der Waals surface area contributed by atoms with E-state index in [0.717, 1.165) is 9.37 Å². The molecular formula is C13H18BrNOS. The van der Waals surface area contributed by atoms with Crippen LogP contribution in [0.1, 0.15) is 27.7 Å². The molecule has 1 N–H and O–H groups in total. The molecule has 1 amide bonds. The standard InChI is InChI=1S/C13H18BrNOS/c1-9(12(16)15-13(2,3)4)17-11-7-5-10(14)6-8-11/h5-9H,1-4H3,(H,15,16)/t9-/m0/s1. The third-order valence-corrected chi connectivity index (χ3v) is 3.63. The summed E-state index contributed by atoms with van der Waals surface area (Å²) in [6, 6.07) is 7.98. The molecule has 0 fully saturated rings. The summed E-state index contributed by atoms with van der Waals surface area (Å²) in [5.41, 5.74) is -0.175. The first-order valence-electron chi connectivity index (χ1n) is 5.52. The van der Waals surface area contributed by atoms with Gasteiger partial charge in [-0.2, -0.15) is 0 Å². The van der Waals surface area contributed by atoms with Crippen molar-refractivity contribution in [1.82, 2.24) is 5.32 Å². The number of rotatable bonds is 3. The fraction of sp³-hybridized carbons (Fsp3) is 0.462. The van der Waals surface area contributed by atoms with Crippen LogP contribution in [0, 0.1) is 0 Å². The van der Waals surface area contributed by atoms with Crippen LogP contribution >= 0.6 is 27.7 Å². The second kappa shape index (κ2) is 5.91. The van der Waals surface area contributed by atoms with Crippen molar-refractivity contribution in [2.24, 2.45) is 0 Å². The Bertz CT molecular complexity index is 383. The minimum atomic E-state index is -0.175. The summed E-state index contributed by atoms with van der Waals surface area (Å²) < 4.78 is 1.05. The van der Waals surface area contributed by atoms with E-state index in [1.165, 1.54) is 0 Å². The summed E-state index contributed by atoms with van der Waals surface area (Å²) in [4.78, 5) is 13.0. The van der Waals surface area contributed by atoms with E-state index in [1.54, 1.807) is 11.8 Å². The van der Waals surface area contributed by atoms with Crippen LogP contribution in [0.5, 0.6) is 0 Å². The van der Waals surface area contributed by atoms with Crippen LogP contribution in [-0.2, 0) is 4.79 Å². The van der Waals surface area contributed by atoms with Gasteiger partial charge >= 0.3 is 0 Å². The van der Waals surface area contributed by atoms with Crippen LogP contribution in [0.3, 0.4) is 0 Å². The molecule has 17 heavy (non-hydrogen) atoms. The number of nitrogens with one attached hydrogen (secondary N) is 1.